The molecule has 1 atom stereocenters. The molecule has 1 fully saturated rings. The van der Waals surface area contributed by atoms with Crippen LogP contribution in [0.3, 0.4) is 0 Å². The van der Waals surface area contributed by atoms with Crippen LogP contribution >= 0.6 is 0 Å². The first kappa shape index (κ1) is 12.0. The maximum Gasteiger partial charge on any atom is 0.246 e. The minimum absolute atomic E-state index is 0.0888. The molecule has 0 bridgehead atoms. The summed E-state index contributed by atoms with van der Waals surface area (Å²) in [4.78, 5) is 13.9. The highest BCUT2D eigenvalue weighted by atomic mass is 16.2. The third kappa shape index (κ3) is 2.27. The Bertz CT molecular complexity index is 543. The zero-order valence-corrected chi connectivity index (χ0v) is 10.6. The molecule has 5 heteroatoms. The Kier molecular flexibility index (Phi) is 3.10. The van der Waals surface area contributed by atoms with E-state index in [9.17, 15) is 4.79 Å². The molecule has 0 radical (unpaired) electrons. The van der Waals surface area contributed by atoms with E-state index in [1.165, 1.54) is 6.42 Å². The predicted octanol–water partition coefficient (Wildman–Crippen LogP) is 1.07. The number of nitriles is 1. The van der Waals surface area contributed by atoms with Crippen molar-refractivity contribution < 1.29 is 4.79 Å². The number of carbonyl (C=O) groups excluding carboxylic acids is 1. The Labute approximate surface area is 112 Å². The van der Waals surface area contributed by atoms with Crippen LogP contribution in [0.1, 0.15) is 18.4 Å². The largest absolute Gasteiger partial charge is 0.374 e. The van der Waals surface area contributed by atoms with Crippen molar-refractivity contribution in [3.05, 3.63) is 23.8 Å². The number of nitrogens with one attached hydrogen (secondary N) is 2. The number of rotatable bonds is 2. The molecule has 0 saturated carbocycles. The van der Waals surface area contributed by atoms with E-state index in [-0.39, 0.29) is 5.91 Å². The number of carbonyl (C=O) groups is 1. The Hall–Kier alpha value is -2.06. The number of fused-ring (bicyclic) bond motifs is 1. The lowest BCUT2D eigenvalue weighted by molar-refractivity contribution is -0.117. The Balaban J connectivity index is 1.88. The molecule has 98 valence electrons. The molecule has 5 nitrogen and oxygen atoms in total. The molecule has 2 aliphatic rings. The van der Waals surface area contributed by atoms with Gasteiger partial charge in [0.15, 0.2) is 0 Å². The minimum atomic E-state index is 0.0888. The number of hydrogen-bond donors (Lipinski definition) is 2. The third-order valence-corrected chi connectivity index (χ3v) is 3.71. The SMILES string of the molecule is N#Cc1ccc2c(c1)NCC(=O)N2CC1CCCN1. The average molecular weight is 256 g/mol. The van der Waals surface area contributed by atoms with Crippen LogP contribution in [0.2, 0.25) is 0 Å². The highest BCUT2D eigenvalue weighted by Crippen LogP contribution is 2.30. The molecule has 1 amide bonds. The van der Waals surface area contributed by atoms with E-state index >= 15 is 0 Å². The van der Waals surface area contributed by atoms with Gasteiger partial charge < -0.3 is 15.5 Å². The molecular weight excluding hydrogens is 240 g/mol. The standard InChI is InChI=1S/C14H16N4O/c15-7-10-3-4-13-12(6-10)17-8-14(19)18(13)9-11-2-1-5-16-11/h3-4,6,11,16-17H,1-2,5,8-9H2. The van der Waals surface area contributed by atoms with Crippen molar-refractivity contribution in [3.63, 3.8) is 0 Å². The first-order chi connectivity index (χ1) is 9.28. The molecule has 2 N–H and O–H groups in total. The highest BCUT2D eigenvalue weighted by molar-refractivity contribution is 6.02. The molecule has 0 aromatic heterocycles. The van der Waals surface area contributed by atoms with Gasteiger partial charge in [-0.05, 0) is 37.6 Å². The van der Waals surface area contributed by atoms with Gasteiger partial charge in [-0.3, -0.25) is 4.79 Å². The summed E-state index contributed by atoms with van der Waals surface area (Å²) in [5.41, 5.74) is 2.36. The normalized spacial score (nSPS) is 21.7. The van der Waals surface area contributed by atoms with E-state index in [1.807, 2.05) is 11.0 Å². The summed E-state index contributed by atoms with van der Waals surface area (Å²) in [7, 11) is 0. The predicted molar refractivity (Wildman–Crippen MR) is 73.0 cm³/mol. The fourth-order valence-corrected chi connectivity index (χ4v) is 2.72. The summed E-state index contributed by atoms with van der Waals surface area (Å²) in [6.07, 6.45) is 2.29. The lowest BCUT2D eigenvalue weighted by Gasteiger charge is -2.32. The number of benzene rings is 1. The fraction of sp³-hybridized carbons (Fsp3) is 0.429. The van der Waals surface area contributed by atoms with Crippen molar-refractivity contribution >= 4 is 17.3 Å². The molecule has 19 heavy (non-hydrogen) atoms. The van der Waals surface area contributed by atoms with Crippen LogP contribution in [0.25, 0.3) is 0 Å². The number of amides is 1. The second-order valence-corrected chi connectivity index (χ2v) is 4.99. The van der Waals surface area contributed by atoms with Crippen molar-refractivity contribution in [1.29, 1.82) is 5.26 Å². The van der Waals surface area contributed by atoms with Gasteiger partial charge in [0.2, 0.25) is 5.91 Å². The average Bonchev–Trinajstić information content (AvgIpc) is 2.94. The summed E-state index contributed by atoms with van der Waals surface area (Å²) in [6, 6.07) is 7.92. The van der Waals surface area contributed by atoms with Crippen LogP contribution in [-0.2, 0) is 4.79 Å². The number of nitrogens with zero attached hydrogens (tertiary/aromatic N) is 2. The molecular formula is C14H16N4O. The zero-order chi connectivity index (χ0) is 13.2. The lowest BCUT2D eigenvalue weighted by Crippen LogP contribution is -2.46. The Morgan fingerprint density at radius 2 is 2.37 bits per heavy atom. The molecule has 1 aromatic carbocycles. The van der Waals surface area contributed by atoms with Gasteiger partial charge in [0, 0.05) is 12.6 Å². The Morgan fingerprint density at radius 3 is 3.11 bits per heavy atom. The van der Waals surface area contributed by atoms with Crippen LogP contribution < -0.4 is 15.5 Å². The van der Waals surface area contributed by atoms with E-state index in [2.05, 4.69) is 16.7 Å². The van der Waals surface area contributed by atoms with Crippen molar-refractivity contribution in [2.45, 2.75) is 18.9 Å². The molecule has 2 aliphatic heterocycles. The van der Waals surface area contributed by atoms with E-state index in [1.54, 1.807) is 12.1 Å². The molecule has 2 heterocycles. The van der Waals surface area contributed by atoms with Crippen LogP contribution in [0.15, 0.2) is 18.2 Å². The quantitative estimate of drug-likeness (QED) is 0.830. The number of hydrogen-bond acceptors (Lipinski definition) is 4. The van der Waals surface area contributed by atoms with Crippen molar-refractivity contribution in [1.82, 2.24) is 5.32 Å². The summed E-state index contributed by atoms with van der Waals surface area (Å²) in [5, 5.41) is 15.4. The topological polar surface area (TPSA) is 68.2 Å². The monoisotopic (exact) mass is 256 g/mol. The maximum atomic E-state index is 12.1. The van der Waals surface area contributed by atoms with E-state index in [0.29, 0.717) is 24.7 Å². The highest BCUT2D eigenvalue weighted by Gasteiger charge is 2.27. The van der Waals surface area contributed by atoms with E-state index in [0.717, 1.165) is 24.3 Å². The van der Waals surface area contributed by atoms with E-state index in [4.69, 9.17) is 5.26 Å². The molecule has 1 unspecified atom stereocenters. The molecule has 3 rings (SSSR count). The van der Waals surface area contributed by atoms with Gasteiger partial charge in [-0.2, -0.15) is 5.26 Å². The van der Waals surface area contributed by atoms with Crippen molar-refractivity contribution in [2.75, 3.05) is 29.9 Å². The van der Waals surface area contributed by atoms with Gasteiger partial charge in [-0.1, -0.05) is 0 Å². The van der Waals surface area contributed by atoms with Gasteiger partial charge >= 0.3 is 0 Å². The summed E-state index contributed by atoms with van der Waals surface area (Å²) >= 11 is 0. The van der Waals surface area contributed by atoms with Gasteiger partial charge in [-0.15, -0.1) is 0 Å². The lowest BCUT2D eigenvalue weighted by atomic mass is 10.1. The van der Waals surface area contributed by atoms with Crippen LogP contribution in [0, 0.1) is 11.3 Å². The first-order valence-corrected chi connectivity index (χ1v) is 6.60. The van der Waals surface area contributed by atoms with Crippen LogP contribution in [-0.4, -0.2) is 31.6 Å². The Morgan fingerprint density at radius 1 is 1.47 bits per heavy atom. The first-order valence-electron chi connectivity index (χ1n) is 6.60. The van der Waals surface area contributed by atoms with Gasteiger partial charge in [0.25, 0.3) is 0 Å². The third-order valence-electron chi connectivity index (χ3n) is 3.71. The summed E-state index contributed by atoms with van der Waals surface area (Å²) in [6.45, 7) is 2.04. The fourth-order valence-electron chi connectivity index (χ4n) is 2.72. The molecule has 1 saturated heterocycles. The molecule has 1 aromatic rings. The molecule has 0 aliphatic carbocycles. The maximum absolute atomic E-state index is 12.1. The van der Waals surface area contributed by atoms with Gasteiger partial charge in [0.05, 0.1) is 29.6 Å². The van der Waals surface area contributed by atoms with Crippen LogP contribution in [0.4, 0.5) is 11.4 Å². The van der Waals surface area contributed by atoms with Crippen molar-refractivity contribution in [2.24, 2.45) is 0 Å². The minimum Gasteiger partial charge on any atom is -0.374 e. The zero-order valence-electron chi connectivity index (χ0n) is 10.6. The van der Waals surface area contributed by atoms with Gasteiger partial charge in [0.1, 0.15) is 0 Å². The van der Waals surface area contributed by atoms with Crippen LogP contribution in [0.5, 0.6) is 0 Å². The number of anilines is 2. The smallest absolute Gasteiger partial charge is 0.246 e. The van der Waals surface area contributed by atoms with Gasteiger partial charge in [-0.25, -0.2) is 0 Å². The molecule has 0 spiro atoms. The summed E-state index contributed by atoms with van der Waals surface area (Å²) < 4.78 is 0. The second-order valence-electron chi connectivity index (χ2n) is 4.99. The van der Waals surface area contributed by atoms with Crippen molar-refractivity contribution in [3.8, 4) is 6.07 Å². The van der Waals surface area contributed by atoms with E-state index < -0.39 is 0 Å². The second kappa shape index (κ2) is 4.90. The summed E-state index contributed by atoms with van der Waals surface area (Å²) in [5.74, 6) is 0.0888.